The van der Waals surface area contributed by atoms with Crippen LogP contribution in [0, 0.1) is 13.8 Å². The van der Waals surface area contributed by atoms with Gasteiger partial charge in [-0.05, 0) is 80.8 Å². The maximum absolute atomic E-state index is 13.4. The number of rotatable bonds is 7. The van der Waals surface area contributed by atoms with Gasteiger partial charge < -0.3 is 9.05 Å². The smallest absolute Gasteiger partial charge is 0.414 e. The van der Waals surface area contributed by atoms with Crippen LogP contribution in [0.25, 0.3) is 0 Å². The topological polar surface area (TPSA) is 35.5 Å². The van der Waals surface area contributed by atoms with Gasteiger partial charge in [0, 0.05) is 9.79 Å². The van der Waals surface area contributed by atoms with Crippen LogP contribution in [0.15, 0.2) is 46.2 Å². The van der Waals surface area contributed by atoms with Gasteiger partial charge in [-0.15, -0.1) is 23.5 Å². The van der Waals surface area contributed by atoms with Gasteiger partial charge in [-0.1, -0.05) is 23.2 Å². The molecule has 2 aromatic carbocycles. The Hall–Kier alpha value is -0.450. The Balaban J connectivity index is 2.35. The van der Waals surface area contributed by atoms with Crippen molar-refractivity contribution < 1.29 is 13.6 Å². The molecule has 3 nitrogen and oxygen atoms in total. The SMILES string of the molecule is CSc1ccc(OP(=O)(Oc2ccc(SC)c(C)c2)C(C)(Cl)Cl)cc1C. The summed E-state index contributed by atoms with van der Waals surface area (Å²) < 4.78 is 23.1. The lowest BCUT2D eigenvalue weighted by molar-refractivity contribution is 0.379. The van der Waals surface area contributed by atoms with Crippen molar-refractivity contribution in [2.75, 3.05) is 12.5 Å². The van der Waals surface area contributed by atoms with E-state index in [4.69, 9.17) is 32.2 Å². The molecule has 26 heavy (non-hydrogen) atoms. The van der Waals surface area contributed by atoms with Gasteiger partial charge in [-0.3, -0.25) is 0 Å². The first-order valence-corrected chi connectivity index (χ1v) is 12.5. The minimum absolute atomic E-state index is 0.397. The summed E-state index contributed by atoms with van der Waals surface area (Å²) in [5.74, 6) is 0.794. The molecule has 142 valence electrons. The van der Waals surface area contributed by atoms with Crippen LogP contribution in [0.4, 0.5) is 0 Å². The summed E-state index contributed by atoms with van der Waals surface area (Å²) >= 11 is 15.6. The fourth-order valence-corrected chi connectivity index (χ4v) is 5.00. The highest BCUT2D eigenvalue weighted by molar-refractivity contribution is 7.98. The summed E-state index contributed by atoms with van der Waals surface area (Å²) in [5, 5.41) is 0. The summed E-state index contributed by atoms with van der Waals surface area (Å²) in [5.41, 5.74) is 2.01. The van der Waals surface area contributed by atoms with Crippen LogP contribution >= 0.6 is 54.3 Å². The first-order valence-electron chi connectivity index (χ1n) is 7.76. The van der Waals surface area contributed by atoms with Gasteiger partial charge in [-0.25, -0.2) is 4.57 Å². The van der Waals surface area contributed by atoms with E-state index in [2.05, 4.69) is 0 Å². The summed E-state index contributed by atoms with van der Waals surface area (Å²) in [6.45, 7) is 5.31. The molecule has 0 aliphatic carbocycles. The van der Waals surface area contributed by atoms with Crippen LogP contribution in [0.2, 0.25) is 0 Å². The van der Waals surface area contributed by atoms with Crippen LogP contribution in [0.3, 0.4) is 0 Å². The third kappa shape index (κ3) is 5.08. The second-order valence-electron chi connectivity index (χ2n) is 5.78. The summed E-state index contributed by atoms with van der Waals surface area (Å²) in [6.07, 6.45) is 3.98. The maximum atomic E-state index is 13.4. The zero-order chi connectivity index (χ0) is 19.5. The van der Waals surface area contributed by atoms with Crippen LogP contribution in [0.5, 0.6) is 11.5 Å². The predicted molar refractivity (Wildman–Crippen MR) is 115 cm³/mol. The fraction of sp³-hybridized carbons (Fsp3) is 0.333. The molecule has 0 aromatic heterocycles. The van der Waals surface area contributed by atoms with Crippen molar-refractivity contribution in [2.24, 2.45) is 0 Å². The minimum atomic E-state index is -3.92. The quantitative estimate of drug-likeness (QED) is 0.247. The van der Waals surface area contributed by atoms with Gasteiger partial charge in [0.2, 0.25) is 4.07 Å². The average Bonchev–Trinajstić information content (AvgIpc) is 2.54. The van der Waals surface area contributed by atoms with Crippen LogP contribution in [-0.2, 0) is 4.57 Å². The maximum Gasteiger partial charge on any atom is 0.466 e. The minimum Gasteiger partial charge on any atom is -0.414 e. The van der Waals surface area contributed by atoms with Gasteiger partial charge >= 0.3 is 7.60 Å². The average molecular weight is 451 g/mol. The lowest BCUT2D eigenvalue weighted by Crippen LogP contribution is -2.17. The third-order valence-corrected chi connectivity index (χ3v) is 8.57. The molecular formula is C18H21Cl2O3PS2. The number of aryl methyl sites for hydroxylation is 2. The van der Waals surface area contributed by atoms with Crippen molar-refractivity contribution >= 4 is 54.3 Å². The molecule has 0 heterocycles. The van der Waals surface area contributed by atoms with Gasteiger partial charge in [0.25, 0.3) is 0 Å². The molecule has 0 saturated carbocycles. The lowest BCUT2D eigenvalue weighted by Gasteiger charge is -2.27. The summed E-state index contributed by atoms with van der Waals surface area (Å²) in [4.78, 5) is 2.21. The molecule has 0 atom stereocenters. The predicted octanol–water partition coefficient (Wildman–Crippen LogP) is 7.55. The number of halogens is 2. The third-order valence-electron chi connectivity index (χ3n) is 3.66. The van der Waals surface area contributed by atoms with Gasteiger partial charge in [0.05, 0.1) is 0 Å². The molecule has 0 fully saturated rings. The Bertz CT molecular complexity index is 778. The van der Waals surface area contributed by atoms with Crippen molar-refractivity contribution in [2.45, 2.75) is 34.6 Å². The molecule has 0 saturated heterocycles. The van der Waals surface area contributed by atoms with Crippen molar-refractivity contribution in [1.82, 2.24) is 0 Å². The van der Waals surface area contributed by atoms with E-state index < -0.39 is 11.7 Å². The highest BCUT2D eigenvalue weighted by atomic mass is 35.5. The first kappa shape index (κ1) is 21.8. The number of benzene rings is 2. The zero-order valence-electron chi connectivity index (χ0n) is 15.2. The Morgan fingerprint density at radius 1 is 0.885 bits per heavy atom. The van der Waals surface area contributed by atoms with E-state index >= 15 is 0 Å². The largest absolute Gasteiger partial charge is 0.466 e. The normalized spacial score (nSPS) is 12.1. The lowest BCUT2D eigenvalue weighted by atomic mass is 10.2. The first-order chi connectivity index (χ1) is 12.1. The Labute approximate surface area is 173 Å². The van der Waals surface area contributed by atoms with E-state index in [1.54, 1.807) is 47.8 Å². The number of thioether (sulfide) groups is 2. The van der Waals surface area contributed by atoms with E-state index in [0.29, 0.717) is 11.5 Å². The number of hydrogen-bond donors (Lipinski definition) is 0. The number of alkyl halides is 2. The number of hydrogen-bond acceptors (Lipinski definition) is 5. The molecule has 2 aromatic rings. The fourth-order valence-electron chi connectivity index (χ4n) is 2.27. The van der Waals surface area contributed by atoms with Crippen LogP contribution < -0.4 is 9.05 Å². The van der Waals surface area contributed by atoms with Crippen molar-refractivity contribution in [3.05, 3.63) is 47.5 Å². The standard InChI is InChI=1S/C18H21Cl2O3PS2/c1-12-10-14(6-8-16(12)25-4)22-24(21,18(3,19)20)23-15-7-9-17(26-5)13(2)11-15/h6-11H,1-5H3. The summed E-state index contributed by atoms with van der Waals surface area (Å²) in [6, 6.07) is 10.9. The molecule has 0 bridgehead atoms. The van der Waals surface area contributed by atoms with E-state index in [9.17, 15) is 4.57 Å². The molecule has 0 aliphatic rings. The highest BCUT2D eigenvalue weighted by Crippen LogP contribution is 2.63. The van der Waals surface area contributed by atoms with E-state index in [1.807, 2.05) is 38.5 Å². The molecule has 0 radical (unpaired) electrons. The van der Waals surface area contributed by atoms with E-state index in [-0.39, 0.29) is 0 Å². The van der Waals surface area contributed by atoms with Crippen molar-refractivity contribution in [1.29, 1.82) is 0 Å². The van der Waals surface area contributed by atoms with Crippen LogP contribution in [-0.4, -0.2) is 16.6 Å². The Morgan fingerprint density at radius 3 is 1.54 bits per heavy atom. The van der Waals surface area contributed by atoms with E-state index in [0.717, 1.165) is 20.9 Å². The van der Waals surface area contributed by atoms with Crippen molar-refractivity contribution in [3.63, 3.8) is 0 Å². The second-order valence-corrected chi connectivity index (χ2v) is 12.0. The molecular weight excluding hydrogens is 430 g/mol. The molecule has 8 heteroatoms. The second kappa shape index (κ2) is 8.70. The molecule has 0 unspecified atom stereocenters. The van der Waals surface area contributed by atoms with Crippen LogP contribution in [0.1, 0.15) is 18.1 Å². The van der Waals surface area contributed by atoms with Gasteiger partial charge in [0.1, 0.15) is 11.5 Å². The van der Waals surface area contributed by atoms with Crippen molar-refractivity contribution in [3.8, 4) is 11.5 Å². The molecule has 0 spiro atoms. The van der Waals surface area contributed by atoms with E-state index in [1.165, 1.54) is 6.92 Å². The van der Waals surface area contributed by atoms with Gasteiger partial charge in [0.15, 0.2) is 0 Å². The van der Waals surface area contributed by atoms with Gasteiger partial charge in [-0.2, -0.15) is 0 Å². The molecule has 0 amide bonds. The highest BCUT2D eigenvalue weighted by Gasteiger charge is 2.48. The summed E-state index contributed by atoms with van der Waals surface area (Å²) in [7, 11) is -3.92. The molecule has 0 N–H and O–H groups in total. The molecule has 2 rings (SSSR count). The Kier molecular flexibility index (Phi) is 7.31. The zero-order valence-corrected chi connectivity index (χ0v) is 19.2. The molecule has 0 aliphatic heterocycles. The Morgan fingerprint density at radius 2 is 1.27 bits per heavy atom. The monoisotopic (exact) mass is 450 g/mol.